The molecule has 1 aromatic rings. The van der Waals surface area contributed by atoms with Crippen molar-refractivity contribution in [1.29, 1.82) is 0 Å². The molecule has 0 fully saturated rings. The molecule has 0 aliphatic heterocycles. The molecule has 5 heteroatoms. The fraction of sp³-hybridized carbons (Fsp3) is 0.364. The Balaban J connectivity index is 3.03. The Morgan fingerprint density at radius 1 is 1.50 bits per heavy atom. The SMILES string of the molecule is COC(=O)C(CN)c1ccc(OC)c(Cl)c1. The molecular formula is C11H14ClNO3. The lowest BCUT2D eigenvalue weighted by atomic mass is 9.99. The minimum absolute atomic E-state index is 0.176. The van der Waals surface area contributed by atoms with Crippen molar-refractivity contribution in [2.24, 2.45) is 5.73 Å². The van der Waals surface area contributed by atoms with E-state index in [-0.39, 0.29) is 12.5 Å². The van der Waals surface area contributed by atoms with Gasteiger partial charge >= 0.3 is 5.97 Å². The topological polar surface area (TPSA) is 61.5 Å². The molecule has 1 unspecified atom stereocenters. The highest BCUT2D eigenvalue weighted by Gasteiger charge is 2.20. The van der Waals surface area contributed by atoms with Gasteiger partial charge in [0.15, 0.2) is 0 Å². The number of carbonyl (C=O) groups excluding carboxylic acids is 1. The highest BCUT2D eigenvalue weighted by atomic mass is 35.5. The minimum atomic E-state index is -0.492. The second-order valence-electron chi connectivity index (χ2n) is 3.21. The molecule has 0 aliphatic carbocycles. The Kier molecular flexibility index (Phi) is 4.58. The minimum Gasteiger partial charge on any atom is -0.495 e. The number of hydrogen-bond acceptors (Lipinski definition) is 4. The molecule has 1 aromatic carbocycles. The van der Waals surface area contributed by atoms with Crippen molar-refractivity contribution in [3.8, 4) is 5.75 Å². The van der Waals surface area contributed by atoms with E-state index in [9.17, 15) is 4.79 Å². The van der Waals surface area contributed by atoms with E-state index in [1.165, 1.54) is 14.2 Å². The molecule has 1 rings (SSSR count). The van der Waals surface area contributed by atoms with Crippen molar-refractivity contribution in [1.82, 2.24) is 0 Å². The van der Waals surface area contributed by atoms with Crippen LogP contribution < -0.4 is 10.5 Å². The highest BCUT2D eigenvalue weighted by molar-refractivity contribution is 6.32. The van der Waals surface area contributed by atoms with Gasteiger partial charge in [0.05, 0.1) is 25.2 Å². The van der Waals surface area contributed by atoms with E-state index in [0.717, 1.165) is 5.56 Å². The van der Waals surface area contributed by atoms with Crippen LogP contribution in [-0.4, -0.2) is 26.7 Å². The van der Waals surface area contributed by atoms with Crippen LogP contribution in [0.1, 0.15) is 11.5 Å². The first kappa shape index (κ1) is 12.8. The molecular weight excluding hydrogens is 230 g/mol. The van der Waals surface area contributed by atoms with Gasteiger partial charge in [-0.1, -0.05) is 17.7 Å². The lowest BCUT2D eigenvalue weighted by Gasteiger charge is -2.13. The van der Waals surface area contributed by atoms with Crippen molar-refractivity contribution >= 4 is 17.6 Å². The lowest BCUT2D eigenvalue weighted by Crippen LogP contribution is -2.22. The number of hydrogen-bond donors (Lipinski definition) is 1. The van der Waals surface area contributed by atoms with Crippen LogP contribution in [0.2, 0.25) is 5.02 Å². The summed E-state index contributed by atoms with van der Waals surface area (Å²) in [5, 5.41) is 0.447. The zero-order valence-corrected chi connectivity index (χ0v) is 9.95. The number of rotatable bonds is 4. The molecule has 0 bridgehead atoms. The lowest BCUT2D eigenvalue weighted by molar-refractivity contribution is -0.142. The smallest absolute Gasteiger partial charge is 0.314 e. The number of carbonyl (C=O) groups is 1. The molecule has 0 saturated heterocycles. The van der Waals surface area contributed by atoms with Gasteiger partial charge in [-0.15, -0.1) is 0 Å². The summed E-state index contributed by atoms with van der Waals surface area (Å²) >= 11 is 5.96. The first-order valence-electron chi connectivity index (χ1n) is 4.75. The predicted molar refractivity (Wildman–Crippen MR) is 61.8 cm³/mol. The fourth-order valence-electron chi connectivity index (χ4n) is 1.41. The van der Waals surface area contributed by atoms with E-state index < -0.39 is 5.92 Å². The first-order chi connectivity index (χ1) is 7.63. The van der Waals surface area contributed by atoms with Crippen LogP contribution in [0.3, 0.4) is 0 Å². The quantitative estimate of drug-likeness (QED) is 0.816. The Hall–Kier alpha value is -1.26. The third kappa shape index (κ3) is 2.65. The summed E-state index contributed by atoms with van der Waals surface area (Å²) in [7, 11) is 2.86. The second-order valence-corrected chi connectivity index (χ2v) is 3.61. The number of ether oxygens (including phenoxy) is 2. The molecule has 2 N–H and O–H groups in total. The van der Waals surface area contributed by atoms with Gasteiger partial charge in [-0.3, -0.25) is 4.79 Å². The third-order valence-electron chi connectivity index (χ3n) is 2.30. The molecule has 4 nitrogen and oxygen atoms in total. The average Bonchev–Trinajstić information content (AvgIpc) is 2.30. The van der Waals surface area contributed by atoms with Crippen LogP contribution in [0.5, 0.6) is 5.75 Å². The van der Waals surface area contributed by atoms with Gasteiger partial charge < -0.3 is 15.2 Å². The largest absolute Gasteiger partial charge is 0.495 e. The predicted octanol–water partition coefficient (Wildman–Crippen LogP) is 1.56. The molecule has 0 amide bonds. The zero-order valence-electron chi connectivity index (χ0n) is 9.20. The molecule has 16 heavy (non-hydrogen) atoms. The summed E-state index contributed by atoms with van der Waals surface area (Å²) in [5.41, 5.74) is 6.25. The molecule has 0 spiro atoms. The maximum atomic E-state index is 11.4. The molecule has 0 saturated carbocycles. The van der Waals surface area contributed by atoms with Crippen LogP contribution in [-0.2, 0) is 9.53 Å². The zero-order chi connectivity index (χ0) is 12.1. The maximum absolute atomic E-state index is 11.4. The van der Waals surface area contributed by atoms with Crippen molar-refractivity contribution in [3.05, 3.63) is 28.8 Å². The number of esters is 1. The Morgan fingerprint density at radius 2 is 2.19 bits per heavy atom. The number of benzene rings is 1. The van der Waals surface area contributed by atoms with E-state index in [4.69, 9.17) is 22.1 Å². The van der Waals surface area contributed by atoms with Crippen LogP contribution in [0.25, 0.3) is 0 Å². The van der Waals surface area contributed by atoms with E-state index in [1.54, 1.807) is 18.2 Å². The van der Waals surface area contributed by atoms with Crippen LogP contribution >= 0.6 is 11.6 Å². The van der Waals surface area contributed by atoms with Gasteiger partial charge in [-0.05, 0) is 17.7 Å². The average molecular weight is 244 g/mol. The van der Waals surface area contributed by atoms with Gasteiger partial charge in [0.2, 0.25) is 0 Å². The monoisotopic (exact) mass is 243 g/mol. The van der Waals surface area contributed by atoms with Gasteiger partial charge in [0.25, 0.3) is 0 Å². The van der Waals surface area contributed by atoms with Gasteiger partial charge in [0, 0.05) is 6.54 Å². The standard InChI is InChI=1S/C11H14ClNO3/c1-15-10-4-3-7(5-9(10)12)8(6-13)11(14)16-2/h3-5,8H,6,13H2,1-2H3. The van der Waals surface area contributed by atoms with Crippen molar-refractivity contribution in [2.75, 3.05) is 20.8 Å². The van der Waals surface area contributed by atoms with Crippen LogP contribution in [0.15, 0.2) is 18.2 Å². The Labute approximate surface area is 99.3 Å². The van der Waals surface area contributed by atoms with Crippen LogP contribution in [0, 0.1) is 0 Å². The van der Waals surface area contributed by atoms with Crippen molar-refractivity contribution in [3.63, 3.8) is 0 Å². The summed E-state index contributed by atoms with van der Waals surface area (Å²) in [6.45, 7) is 0.176. The Bertz CT molecular complexity index is 381. The van der Waals surface area contributed by atoms with E-state index >= 15 is 0 Å². The van der Waals surface area contributed by atoms with Gasteiger partial charge in [-0.2, -0.15) is 0 Å². The summed E-state index contributed by atoms with van der Waals surface area (Å²) in [6, 6.07) is 5.11. The fourth-order valence-corrected chi connectivity index (χ4v) is 1.68. The molecule has 0 aromatic heterocycles. The summed E-state index contributed by atoms with van der Waals surface area (Å²) in [5.74, 6) is -0.303. The summed E-state index contributed by atoms with van der Waals surface area (Å²) in [6.07, 6.45) is 0. The van der Waals surface area contributed by atoms with Crippen molar-refractivity contribution in [2.45, 2.75) is 5.92 Å². The molecule has 0 aliphatic rings. The first-order valence-corrected chi connectivity index (χ1v) is 5.13. The highest BCUT2D eigenvalue weighted by Crippen LogP contribution is 2.28. The van der Waals surface area contributed by atoms with Crippen molar-refractivity contribution < 1.29 is 14.3 Å². The van der Waals surface area contributed by atoms with E-state index in [2.05, 4.69) is 4.74 Å². The Morgan fingerprint density at radius 3 is 2.62 bits per heavy atom. The van der Waals surface area contributed by atoms with E-state index in [1.807, 2.05) is 0 Å². The van der Waals surface area contributed by atoms with Gasteiger partial charge in [-0.25, -0.2) is 0 Å². The van der Waals surface area contributed by atoms with Gasteiger partial charge in [0.1, 0.15) is 5.75 Å². The van der Waals surface area contributed by atoms with Crippen LogP contribution in [0.4, 0.5) is 0 Å². The molecule has 88 valence electrons. The normalized spacial score (nSPS) is 12.0. The molecule has 0 heterocycles. The third-order valence-corrected chi connectivity index (χ3v) is 2.59. The molecule has 0 radical (unpaired) electrons. The molecule has 1 atom stereocenters. The second kappa shape index (κ2) is 5.72. The number of methoxy groups -OCH3 is 2. The number of halogens is 1. The maximum Gasteiger partial charge on any atom is 0.314 e. The summed E-state index contributed by atoms with van der Waals surface area (Å²) < 4.78 is 9.68. The summed E-state index contributed by atoms with van der Waals surface area (Å²) in [4.78, 5) is 11.4. The van der Waals surface area contributed by atoms with E-state index in [0.29, 0.717) is 10.8 Å². The number of nitrogens with two attached hydrogens (primary N) is 1.